The van der Waals surface area contributed by atoms with Crippen molar-refractivity contribution in [1.82, 2.24) is 9.97 Å². The third-order valence-corrected chi connectivity index (χ3v) is 2.51. The zero-order chi connectivity index (χ0) is 14.2. The van der Waals surface area contributed by atoms with E-state index < -0.39 is 17.5 Å². The summed E-state index contributed by atoms with van der Waals surface area (Å²) in [4.78, 5) is 18.5. The van der Waals surface area contributed by atoms with Gasteiger partial charge < -0.3 is 11.5 Å². The molecule has 0 spiro atoms. The van der Waals surface area contributed by atoms with Crippen molar-refractivity contribution in [2.24, 2.45) is 5.73 Å². The fourth-order valence-electron chi connectivity index (χ4n) is 1.48. The molecular formula is C11H7ClF2N4O. The summed E-state index contributed by atoms with van der Waals surface area (Å²) in [7, 11) is 0. The molecule has 1 aromatic heterocycles. The van der Waals surface area contributed by atoms with Crippen LogP contribution >= 0.6 is 11.6 Å². The van der Waals surface area contributed by atoms with E-state index in [1.54, 1.807) is 0 Å². The molecule has 2 rings (SSSR count). The number of benzene rings is 1. The monoisotopic (exact) mass is 284 g/mol. The lowest BCUT2D eigenvalue weighted by Crippen LogP contribution is -2.17. The first-order valence-corrected chi connectivity index (χ1v) is 5.35. The molecule has 2 aromatic rings. The largest absolute Gasteiger partial charge is 0.382 e. The summed E-state index contributed by atoms with van der Waals surface area (Å²) >= 11 is 5.80. The normalized spacial score (nSPS) is 10.5. The topological polar surface area (TPSA) is 94.9 Å². The average molecular weight is 285 g/mol. The van der Waals surface area contributed by atoms with Crippen molar-refractivity contribution < 1.29 is 13.6 Å². The van der Waals surface area contributed by atoms with E-state index in [0.29, 0.717) is 6.07 Å². The smallest absolute Gasteiger partial charge is 0.271 e. The van der Waals surface area contributed by atoms with Gasteiger partial charge in [0, 0.05) is 11.6 Å². The van der Waals surface area contributed by atoms with Crippen LogP contribution in [0.3, 0.4) is 0 Å². The van der Waals surface area contributed by atoms with Gasteiger partial charge in [-0.1, -0.05) is 11.6 Å². The Morgan fingerprint density at radius 1 is 1.16 bits per heavy atom. The number of nitrogens with two attached hydrogens (primary N) is 2. The highest BCUT2D eigenvalue weighted by Gasteiger charge is 2.16. The molecule has 5 nitrogen and oxygen atoms in total. The van der Waals surface area contributed by atoms with Crippen LogP contribution in [-0.2, 0) is 0 Å². The summed E-state index contributed by atoms with van der Waals surface area (Å²) in [5.74, 6) is -2.77. The Labute approximate surface area is 111 Å². The summed E-state index contributed by atoms with van der Waals surface area (Å²) < 4.78 is 26.2. The van der Waals surface area contributed by atoms with Crippen molar-refractivity contribution in [2.45, 2.75) is 0 Å². The highest BCUT2D eigenvalue weighted by Crippen LogP contribution is 2.27. The van der Waals surface area contributed by atoms with E-state index in [1.807, 2.05) is 0 Å². The van der Waals surface area contributed by atoms with E-state index in [9.17, 15) is 13.6 Å². The summed E-state index contributed by atoms with van der Waals surface area (Å²) in [5, 5.41) is -0.229. The van der Waals surface area contributed by atoms with Crippen LogP contribution in [0.4, 0.5) is 14.6 Å². The second-order valence-electron chi connectivity index (χ2n) is 3.62. The first-order valence-electron chi connectivity index (χ1n) is 4.97. The highest BCUT2D eigenvalue weighted by molar-refractivity contribution is 6.32. The standard InChI is InChI=1S/C11H7ClF2N4O/c12-9-7(4-1-5(13)3-6(14)2-4)18-10(15)8(17-9)11(16)19/h1-3H,(H2,15,18)(H2,16,19). The van der Waals surface area contributed by atoms with Crippen LogP contribution in [0.15, 0.2) is 18.2 Å². The molecule has 0 unspecified atom stereocenters. The molecule has 8 heteroatoms. The minimum Gasteiger partial charge on any atom is -0.382 e. The Kier molecular flexibility index (Phi) is 3.30. The summed E-state index contributed by atoms with van der Waals surface area (Å²) in [6.07, 6.45) is 0. The predicted molar refractivity (Wildman–Crippen MR) is 65.3 cm³/mol. The number of carbonyl (C=O) groups excluding carboxylic acids is 1. The van der Waals surface area contributed by atoms with Crippen LogP contribution in [0.1, 0.15) is 10.5 Å². The number of anilines is 1. The number of aromatic nitrogens is 2. The van der Waals surface area contributed by atoms with Crippen molar-refractivity contribution in [3.05, 3.63) is 40.7 Å². The number of primary amides is 1. The SMILES string of the molecule is NC(=O)c1nc(Cl)c(-c2cc(F)cc(F)c2)nc1N. The molecule has 98 valence electrons. The lowest BCUT2D eigenvalue weighted by Gasteiger charge is -2.07. The van der Waals surface area contributed by atoms with E-state index in [4.69, 9.17) is 23.1 Å². The van der Waals surface area contributed by atoms with Gasteiger partial charge in [-0.2, -0.15) is 0 Å². The van der Waals surface area contributed by atoms with E-state index in [-0.39, 0.29) is 27.9 Å². The summed E-state index contributed by atoms with van der Waals surface area (Å²) in [6.45, 7) is 0. The maximum absolute atomic E-state index is 13.1. The Balaban J connectivity index is 2.63. The summed E-state index contributed by atoms with van der Waals surface area (Å²) in [5.41, 5.74) is 10.2. The van der Waals surface area contributed by atoms with Crippen LogP contribution in [0, 0.1) is 11.6 Å². The summed E-state index contributed by atoms with van der Waals surface area (Å²) in [6, 6.07) is 2.73. The molecule has 1 aromatic carbocycles. The van der Waals surface area contributed by atoms with Crippen molar-refractivity contribution in [3.8, 4) is 11.3 Å². The third kappa shape index (κ3) is 2.60. The van der Waals surface area contributed by atoms with Gasteiger partial charge in [0.1, 0.15) is 17.3 Å². The molecule has 0 aliphatic carbocycles. The van der Waals surface area contributed by atoms with Crippen LogP contribution < -0.4 is 11.5 Å². The molecular weight excluding hydrogens is 278 g/mol. The zero-order valence-electron chi connectivity index (χ0n) is 9.32. The number of nitrogen functional groups attached to an aromatic ring is 1. The molecule has 0 radical (unpaired) electrons. The van der Waals surface area contributed by atoms with Gasteiger partial charge in [0.2, 0.25) is 0 Å². The van der Waals surface area contributed by atoms with Gasteiger partial charge in [-0.25, -0.2) is 18.7 Å². The number of carbonyl (C=O) groups is 1. The van der Waals surface area contributed by atoms with E-state index >= 15 is 0 Å². The second kappa shape index (κ2) is 4.77. The number of amides is 1. The first-order chi connectivity index (χ1) is 8.88. The lowest BCUT2D eigenvalue weighted by atomic mass is 10.1. The van der Waals surface area contributed by atoms with Gasteiger partial charge in [-0.15, -0.1) is 0 Å². The maximum Gasteiger partial charge on any atom is 0.271 e. The number of halogens is 3. The quantitative estimate of drug-likeness (QED) is 0.878. The van der Waals surface area contributed by atoms with Crippen LogP contribution in [0.2, 0.25) is 5.15 Å². The Morgan fingerprint density at radius 2 is 1.74 bits per heavy atom. The first kappa shape index (κ1) is 13.2. The number of nitrogens with zero attached hydrogens (tertiary/aromatic N) is 2. The molecule has 0 fully saturated rings. The maximum atomic E-state index is 13.1. The van der Waals surface area contributed by atoms with Crippen molar-refractivity contribution >= 4 is 23.3 Å². The van der Waals surface area contributed by atoms with E-state index in [2.05, 4.69) is 9.97 Å². The molecule has 0 saturated heterocycles. The van der Waals surface area contributed by atoms with Crippen LogP contribution in [0.5, 0.6) is 0 Å². The zero-order valence-corrected chi connectivity index (χ0v) is 10.1. The third-order valence-electron chi connectivity index (χ3n) is 2.25. The van der Waals surface area contributed by atoms with Crippen LogP contribution in [-0.4, -0.2) is 15.9 Å². The van der Waals surface area contributed by atoms with Gasteiger partial charge >= 0.3 is 0 Å². The van der Waals surface area contributed by atoms with Gasteiger partial charge in [-0.3, -0.25) is 4.79 Å². The van der Waals surface area contributed by atoms with Crippen molar-refractivity contribution in [1.29, 1.82) is 0 Å². The number of rotatable bonds is 2. The number of hydrogen-bond acceptors (Lipinski definition) is 4. The second-order valence-corrected chi connectivity index (χ2v) is 3.98. The molecule has 0 aliphatic heterocycles. The van der Waals surface area contributed by atoms with Crippen LogP contribution in [0.25, 0.3) is 11.3 Å². The van der Waals surface area contributed by atoms with Crippen molar-refractivity contribution in [2.75, 3.05) is 5.73 Å². The molecule has 1 amide bonds. The van der Waals surface area contributed by atoms with Crippen molar-refractivity contribution in [3.63, 3.8) is 0 Å². The molecule has 1 heterocycles. The minimum atomic E-state index is -0.899. The van der Waals surface area contributed by atoms with Gasteiger partial charge in [0.25, 0.3) is 5.91 Å². The average Bonchev–Trinajstić information content (AvgIpc) is 2.30. The van der Waals surface area contributed by atoms with E-state index in [1.165, 1.54) is 0 Å². The lowest BCUT2D eigenvalue weighted by molar-refractivity contribution is 0.0996. The minimum absolute atomic E-state index is 0.0393. The molecule has 0 atom stereocenters. The number of hydrogen-bond donors (Lipinski definition) is 2. The van der Waals surface area contributed by atoms with Gasteiger partial charge in [0.05, 0.1) is 0 Å². The van der Waals surface area contributed by atoms with Gasteiger partial charge in [-0.05, 0) is 12.1 Å². The molecule has 4 N–H and O–H groups in total. The Morgan fingerprint density at radius 3 is 2.26 bits per heavy atom. The highest BCUT2D eigenvalue weighted by atomic mass is 35.5. The molecule has 19 heavy (non-hydrogen) atoms. The van der Waals surface area contributed by atoms with E-state index in [0.717, 1.165) is 12.1 Å². The van der Waals surface area contributed by atoms with Gasteiger partial charge in [0.15, 0.2) is 16.7 Å². The Hall–Kier alpha value is -2.28. The molecule has 0 aliphatic rings. The molecule has 0 saturated carbocycles. The fraction of sp³-hybridized carbons (Fsp3) is 0. The predicted octanol–water partition coefficient (Wildman–Crippen LogP) is 1.76. The fourth-order valence-corrected chi connectivity index (χ4v) is 1.72. The molecule has 0 bridgehead atoms. The Bertz CT molecular complexity index is 658.